The number of piperazine rings is 1. The minimum Gasteiger partial charge on any atom is -0.444 e. The van der Waals surface area contributed by atoms with E-state index in [4.69, 9.17) is 4.74 Å². The molecule has 146 valence electrons. The molecule has 0 radical (unpaired) electrons. The van der Waals surface area contributed by atoms with Crippen LogP contribution < -0.4 is 5.32 Å². The number of thiazole rings is 1. The van der Waals surface area contributed by atoms with E-state index in [1.807, 2.05) is 52.0 Å². The quantitative estimate of drug-likeness (QED) is 0.871. The van der Waals surface area contributed by atoms with Crippen molar-refractivity contribution in [3.05, 3.63) is 24.3 Å². The number of benzene rings is 1. The predicted molar refractivity (Wildman–Crippen MR) is 107 cm³/mol. The molecule has 2 aromatic rings. The minimum absolute atomic E-state index is 0.0835. The Kier molecular flexibility index (Phi) is 5.67. The van der Waals surface area contributed by atoms with E-state index in [1.165, 1.54) is 11.3 Å². The molecule has 2 amide bonds. The van der Waals surface area contributed by atoms with E-state index in [-0.39, 0.29) is 18.0 Å². The summed E-state index contributed by atoms with van der Waals surface area (Å²) in [6, 6.07) is 7.51. The molecule has 1 fully saturated rings. The second-order valence-electron chi connectivity index (χ2n) is 7.66. The summed E-state index contributed by atoms with van der Waals surface area (Å²) in [5.74, 6) is -0.0835. The van der Waals surface area contributed by atoms with Crippen molar-refractivity contribution in [1.29, 1.82) is 0 Å². The van der Waals surface area contributed by atoms with Crippen molar-refractivity contribution < 1.29 is 14.3 Å². The summed E-state index contributed by atoms with van der Waals surface area (Å²) >= 11 is 1.47. The molecule has 1 aliphatic heterocycles. The maximum Gasteiger partial charge on any atom is 0.410 e. The number of hydrogen-bond donors (Lipinski definition) is 1. The van der Waals surface area contributed by atoms with Crippen molar-refractivity contribution in [1.82, 2.24) is 14.8 Å². The van der Waals surface area contributed by atoms with E-state index in [0.29, 0.717) is 31.3 Å². The zero-order valence-corrected chi connectivity index (χ0v) is 17.0. The smallest absolute Gasteiger partial charge is 0.410 e. The van der Waals surface area contributed by atoms with Crippen LogP contribution in [0.25, 0.3) is 10.2 Å². The van der Waals surface area contributed by atoms with Crippen LogP contribution in [0.15, 0.2) is 24.3 Å². The highest BCUT2D eigenvalue weighted by molar-refractivity contribution is 7.22. The van der Waals surface area contributed by atoms with Crippen molar-refractivity contribution in [2.24, 2.45) is 0 Å². The number of hydrogen-bond acceptors (Lipinski definition) is 6. The van der Waals surface area contributed by atoms with Gasteiger partial charge in [-0.3, -0.25) is 9.69 Å². The lowest BCUT2D eigenvalue weighted by Gasteiger charge is -2.37. The van der Waals surface area contributed by atoms with Gasteiger partial charge >= 0.3 is 6.09 Å². The molecular formula is C19H26N4O3S. The molecule has 1 atom stereocenters. The van der Waals surface area contributed by atoms with Gasteiger partial charge in [-0.2, -0.15) is 0 Å². The number of carbonyl (C=O) groups is 2. The number of ether oxygens (including phenoxy) is 1. The molecular weight excluding hydrogens is 364 g/mol. The zero-order valence-electron chi connectivity index (χ0n) is 16.2. The number of para-hydroxylation sites is 1. The summed E-state index contributed by atoms with van der Waals surface area (Å²) in [5, 5.41) is 3.53. The number of carbonyl (C=O) groups excluding carboxylic acids is 2. The number of amides is 2. The zero-order chi connectivity index (χ0) is 19.6. The topological polar surface area (TPSA) is 74.8 Å². The normalized spacial score (nSPS) is 17.0. The predicted octanol–water partition coefficient (Wildman–Crippen LogP) is 3.18. The largest absolute Gasteiger partial charge is 0.444 e. The number of anilines is 1. The minimum atomic E-state index is -0.501. The fourth-order valence-corrected chi connectivity index (χ4v) is 3.79. The lowest BCUT2D eigenvalue weighted by Crippen LogP contribution is -2.54. The van der Waals surface area contributed by atoms with Crippen LogP contribution in [0.1, 0.15) is 27.7 Å². The molecule has 0 spiro atoms. The molecule has 0 bridgehead atoms. The lowest BCUT2D eigenvalue weighted by molar-refractivity contribution is -0.121. The van der Waals surface area contributed by atoms with Crippen molar-refractivity contribution >= 4 is 38.7 Å². The van der Waals surface area contributed by atoms with Crippen LogP contribution in [-0.4, -0.2) is 64.6 Å². The lowest BCUT2D eigenvalue weighted by atomic mass is 10.2. The van der Waals surface area contributed by atoms with E-state index in [2.05, 4.69) is 15.2 Å². The van der Waals surface area contributed by atoms with Crippen LogP contribution in [0.5, 0.6) is 0 Å². The second-order valence-corrected chi connectivity index (χ2v) is 8.69. The molecule has 1 aromatic heterocycles. The summed E-state index contributed by atoms with van der Waals surface area (Å²) in [6.07, 6.45) is -0.297. The Morgan fingerprint density at radius 2 is 1.85 bits per heavy atom. The highest BCUT2D eigenvalue weighted by atomic mass is 32.1. The molecule has 0 aliphatic carbocycles. The van der Waals surface area contributed by atoms with Gasteiger partial charge < -0.3 is 15.0 Å². The van der Waals surface area contributed by atoms with E-state index in [1.54, 1.807) is 4.90 Å². The fourth-order valence-electron chi connectivity index (χ4n) is 2.92. The highest BCUT2D eigenvalue weighted by Crippen LogP contribution is 2.25. The summed E-state index contributed by atoms with van der Waals surface area (Å²) in [6.45, 7) is 9.81. The van der Waals surface area contributed by atoms with Crippen LogP contribution in [0.4, 0.5) is 9.93 Å². The Balaban J connectivity index is 1.53. The Bertz CT molecular complexity index is 789. The van der Waals surface area contributed by atoms with Gasteiger partial charge in [0.05, 0.1) is 16.3 Å². The average Bonchev–Trinajstić information content (AvgIpc) is 3.02. The van der Waals surface area contributed by atoms with Crippen molar-refractivity contribution in [3.63, 3.8) is 0 Å². The van der Waals surface area contributed by atoms with Gasteiger partial charge in [-0.15, -0.1) is 0 Å². The third-order valence-corrected chi connectivity index (χ3v) is 5.37. The first-order valence-corrected chi connectivity index (χ1v) is 9.93. The number of nitrogens with one attached hydrogen (secondary N) is 1. The fraction of sp³-hybridized carbons (Fsp3) is 0.526. The summed E-state index contributed by atoms with van der Waals surface area (Å²) in [7, 11) is 0. The van der Waals surface area contributed by atoms with Gasteiger partial charge in [0.2, 0.25) is 5.91 Å². The molecule has 3 rings (SSSR count). The third kappa shape index (κ3) is 4.95. The molecule has 1 unspecified atom stereocenters. The van der Waals surface area contributed by atoms with Crippen molar-refractivity contribution in [3.8, 4) is 0 Å². The summed E-state index contributed by atoms with van der Waals surface area (Å²) < 4.78 is 6.46. The van der Waals surface area contributed by atoms with Crippen LogP contribution in [0.2, 0.25) is 0 Å². The molecule has 1 aliphatic rings. The Morgan fingerprint density at radius 3 is 2.48 bits per heavy atom. The Morgan fingerprint density at radius 1 is 1.19 bits per heavy atom. The third-order valence-electron chi connectivity index (χ3n) is 4.42. The molecule has 1 aromatic carbocycles. The first-order valence-electron chi connectivity index (χ1n) is 9.11. The SMILES string of the molecule is CC(C(=O)Nc1nc2ccccc2s1)N1CCN(C(=O)OC(C)(C)C)CC1. The summed E-state index contributed by atoms with van der Waals surface area (Å²) in [5.41, 5.74) is 0.384. The van der Waals surface area contributed by atoms with Gasteiger partial charge in [-0.1, -0.05) is 23.5 Å². The number of aromatic nitrogens is 1. The summed E-state index contributed by atoms with van der Waals surface area (Å²) in [4.78, 5) is 33.0. The highest BCUT2D eigenvalue weighted by Gasteiger charge is 2.30. The molecule has 1 N–H and O–H groups in total. The van der Waals surface area contributed by atoms with Gasteiger partial charge in [0, 0.05) is 26.2 Å². The van der Waals surface area contributed by atoms with E-state index < -0.39 is 5.60 Å². The standard InChI is InChI=1S/C19H26N4O3S/c1-13(16(24)21-17-20-14-7-5-6-8-15(14)27-17)22-9-11-23(12-10-22)18(25)26-19(2,3)4/h5-8,13H,9-12H2,1-4H3,(H,20,21,24). The van der Waals surface area contributed by atoms with Crippen LogP contribution in [0, 0.1) is 0 Å². The second kappa shape index (κ2) is 7.82. The van der Waals surface area contributed by atoms with Crippen LogP contribution in [-0.2, 0) is 9.53 Å². The monoisotopic (exact) mass is 390 g/mol. The number of fused-ring (bicyclic) bond motifs is 1. The molecule has 27 heavy (non-hydrogen) atoms. The van der Waals surface area contributed by atoms with Gasteiger partial charge in [0.25, 0.3) is 0 Å². The van der Waals surface area contributed by atoms with E-state index in [9.17, 15) is 9.59 Å². The molecule has 2 heterocycles. The first-order chi connectivity index (χ1) is 12.7. The van der Waals surface area contributed by atoms with E-state index in [0.717, 1.165) is 10.2 Å². The molecule has 8 heteroatoms. The van der Waals surface area contributed by atoms with Crippen LogP contribution >= 0.6 is 11.3 Å². The van der Waals surface area contributed by atoms with E-state index >= 15 is 0 Å². The molecule has 0 saturated carbocycles. The average molecular weight is 391 g/mol. The van der Waals surface area contributed by atoms with Gasteiger partial charge in [0.1, 0.15) is 5.60 Å². The maximum absolute atomic E-state index is 12.6. The van der Waals surface area contributed by atoms with Crippen molar-refractivity contribution in [2.45, 2.75) is 39.3 Å². The van der Waals surface area contributed by atoms with Crippen molar-refractivity contribution in [2.75, 3.05) is 31.5 Å². The number of rotatable bonds is 3. The maximum atomic E-state index is 12.6. The molecule has 7 nitrogen and oxygen atoms in total. The van der Waals surface area contributed by atoms with Crippen LogP contribution in [0.3, 0.4) is 0 Å². The Labute approximate surface area is 163 Å². The van der Waals surface area contributed by atoms with Gasteiger partial charge in [-0.05, 0) is 39.8 Å². The van der Waals surface area contributed by atoms with Gasteiger partial charge in [-0.25, -0.2) is 9.78 Å². The van der Waals surface area contributed by atoms with Gasteiger partial charge in [0.15, 0.2) is 5.13 Å². The number of nitrogens with zero attached hydrogens (tertiary/aromatic N) is 3. The first kappa shape index (κ1) is 19.6. The molecule has 1 saturated heterocycles. The Hall–Kier alpha value is -2.19.